The van der Waals surface area contributed by atoms with Gasteiger partial charge in [-0.2, -0.15) is 4.37 Å². The third kappa shape index (κ3) is 3.54. The molecule has 0 aliphatic carbocycles. The lowest BCUT2D eigenvalue weighted by atomic mass is 10.1. The van der Waals surface area contributed by atoms with Crippen LogP contribution in [0.5, 0.6) is 0 Å². The maximum Gasteiger partial charge on any atom is 0.307 e. The number of aliphatic carboxylic acids is 1. The van der Waals surface area contributed by atoms with Crippen molar-refractivity contribution in [1.82, 2.24) is 9.36 Å². The summed E-state index contributed by atoms with van der Waals surface area (Å²) in [5.41, 5.74) is 1.90. The molecule has 0 aliphatic heterocycles. The number of hydrogen-bond acceptors (Lipinski definition) is 5. The maximum absolute atomic E-state index is 10.8. The standard InChI is InChI=1S/C12H12N2O2S2/c1-8-13-12(18-14-8)17-7-10-5-3-2-4-9(10)6-11(15)16/h2-5H,6-7H2,1H3,(H,15,16). The van der Waals surface area contributed by atoms with Crippen LogP contribution in [0.2, 0.25) is 0 Å². The molecular formula is C12H12N2O2S2. The summed E-state index contributed by atoms with van der Waals surface area (Å²) in [6.45, 7) is 1.86. The van der Waals surface area contributed by atoms with Gasteiger partial charge >= 0.3 is 5.97 Å². The van der Waals surface area contributed by atoms with Crippen molar-refractivity contribution in [3.63, 3.8) is 0 Å². The van der Waals surface area contributed by atoms with Crippen molar-refractivity contribution in [2.45, 2.75) is 23.4 Å². The minimum absolute atomic E-state index is 0.0614. The predicted molar refractivity (Wildman–Crippen MR) is 72.0 cm³/mol. The maximum atomic E-state index is 10.8. The first-order valence-electron chi connectivity index (χ1n) is 5.37. The molecule has 1 aromatic carbocycles. The molecule has 4 nitrogen and oxygen atoms in total. The van der Waals surface area contributed by atoms with E-state index in [1.807, 2.05) is 31.2 Å². The average molecular weight is 280 g/mol. The molecule has 0 amide bonds. The highest BCUT2D eigenvalue weighted by Crippen LogP contribution is 2.25. The Kier molecular flexibility index (Phi) is 4.33. The number of thioether (sulfide) groups is 1. The highest BCUT2D eigenvalue weighted by atomic mass is 32.2. The molecule has 1 heterocycles. The number of rotatable bonds is 5. The Hall–Kier alpha value is -1.40. The quantitative estimate of drug-likeness (QED) is 0.853. The normalized spacial score (nSPS) is 10.5. The molecule has 0 spiro atoms. The van der Waals surface area contributed by atoms with Crippen LogP contribution in [0.3, 0.4) is 0 Å². The van der Waals surface area contributed by atoms with Crippen molar-refractivity contribution >= 4 is 29.3 Å². The number of hydrogen-bond donors (Lipinski definition) is 1. The summed E-state index contributed by atoms with van der Waals surface area (Å²) in [5.74, 6) is 0.693. The van der Waals surface area contributed by atoms with Gasteiger partial charge in [-0.15, -0.1) is 0 Å². The number of benzene rings is 1. The van der Waals surface area contributed by atoms with E-state index in [1.54, 1.807) is 11.8 Å². The zero-order valence-electron chi connectivity index (χ0n) is 9.79. The summed E-state index contributed by atoms with van der Waals surface area (Å²) in [5, 5.41) is 8.85. The molecule has 2 aromatic rings. The molecule has 0 atom stereocenters. The van der Waals surface area contributed by atoms with E-state index in [4.69, 9.17) is 5.11 Å². The SMILES string of the molecule is Cc1nsc(SCc2ccccc2CC(=O)O)n1. The molecule has 0 saturated carbocycles. The second-order valence-corrected chi connectivity index (χ2v) is 5.71. The molecule has 18 heavy (non-hydrogen) atoms. The fourth-order valence-corrected chi connectivity index (χ4v) is 3.19. The molecule has 0 bridgehead atoms. The number of aromatic nitrogens is 2. The Bertz CT molecular complexity index is 555. The molecule has 0 aliphatic rings. The lowest BCUT2D eigenvalue weighted by molar-refractivity contribution is -0.136. The fourth-order valence-electron chi connectivity index (χ4n) is 1.51. The number of carboxylic acid groups (broad SMARTS) is 1. The summed E-state index contributed by atoms with van der Waals surface area (Å²) in [6.07, 6.45) is 0.0614. The third-order valence-electron chi connectivity index (χ3n) is 2.32. The summed E-state index contributed by atoms with van der Waals surface area (Å²) >= 11 is 2.96. The van der Waals surface area contributed by atoms with Crippen molar-refractivity contribution in [3.8, 4) is 0 Å². The van der Waals surface area contributed by atoms with Crippen LogP contribution in [0, 0.1) is 6.92 Å². The van der Waals surface area contributed by atoms with E-state index in [0.29, 0.717) is 0 Å². The van der Waals surface area contributed by atoms with E-state index in [2.05, 4.69) is 9.36 Å². The largest absolute Gasteiger partial charge is 0.481 e. The Morgan fingerprint density at radius 2 is 2.11 bits per heavy atom. The van der Waals surface area contributed by atoms with Crippen molar-refractivity contribution in [2.24, 2.45) is 0 Å². The second-order valence-electron chi connectivity index (χ2n) is 3.74. The molecule has 0 saturated heterocycles. The minimum atomic E-state index is -0.806. The highest BCUT2D eigenvalue weighted by Gasteiger charge is 2.08. The zero-order chi connectivity index (χ0) is 13.0. The first kappa shape index (κ1) is 13.0. The van der Waals surface area contributed by atoms with Gasteiger partial charge in [0.05, 0.1) is 6.42 Å². The van der Waals surface area contributed by atoms with Gasteiger partial charge in [0, 0.05) is 5.75 Å². The first-order chi connectivity index (χ1) is 8.65. The van der Waals surface area contributed by atoms with E-state index in [1.165, 1.54) is 11.5 Å². The van der Waals surface area contributed by atoms with Gasteiger partial charge < -0.3 is 5.11 Å². The Balaban J connectivity index is 2.06. The number of carboxylic acids is 1. The molecular weight excluding hydrogens is 268 g/mol. The topological polar surface area (TPSA) is 63.1 Å². The summed E-state index contributed by atoms with van der Waals surface area (Å²) in [7, 11) is 0. The molecule has 1 aromatic heterocycles. The van der Waals surface area contributed by atoms with Crippen LogP contribution in [-0.2, 0) is 17.0 Å². The van der Waals surface area contributed by atoms with E-state index in [0.717, 1.165) is 27.0 Å². The van der Waals surface area contributed by atoms with Gasteiger partial charge in [0.1, 0.15) is 5.82 Å². The van der Waals surface area contributed by atoms with Crippen LogP contribution in [0.4, 0.5) is 0 Å². The van der Waals surface area contributed by atoms with Crippen molar-refractivity contribution in [3.05, 3.63) is 41.2 Å². The molecule has 0 fully saturated rings. The monoisotopic (exact) mass is 280 g/mol. The predicted octanol–water partition coefficient (Wildman–Crippen LogP) is 2.77. The van der Waals surface area contributed by atoms with Gasteiger partial charge in [0.15, 0.2) is 4.34 Å². The summed E-state index contributed by atoms with van der Waals surface area (Å²) in [6, 6.07) is 7.60. The van der Waals surface area contributed by atoms with Crippen molar-refractivity contribution in [2.75, 3.05) is 0 Å². The number of carbonyl (C=O) groups is 1. The Labute approximate surface area is 113 Å². The van der Waals surface area contributed by atoms with E-state index in [-0.39, 0.29) is 6.42 Å². The van der Waals surface area contributed by atoms with Gasteiger partial charge in [-0.05, 0) is 29.6 Å². The van der Waals surface area contributed by atoms with Gasteiger partial charge in [0.2, 0.25) is 0 Å². The first-order valence-corrected chi connectivity index (χ1v) is 7.13. The average Bonchev–Trinajstić information content (AvgIpc) is 2.73. The third-order valence-corrected chi connectivity index (χ3v) is 4.29. The fraction of sp³-hybridized carbons (Fsp3) is 0.250. The molecule has 2 rings (SSSR count). The van der Waals surface area contributed by atoms with Crippen molar-refractivity contribution < 1.29 is 9.90 Å². The van der Waals surface area contributed by atoms with Crippen LogP contribution >= 0.6 is 23.3 Å². The van der Waals surface area contributed by atoms with E-state index < -0.39 is 5.97 Å². The Morgan fingerprint density at radius 3 is 2.72 bits per heavy atom. The molecule has 6 heteroatoms. The lowest BCUT2D eigenvalue weighted by Crippen LogP contribution is -2.02. The van der Waals surface area contributed by atoms with Crippen molar-refractivity contribution in [1.29, 1.82) is 0 Å². The Morgan fingerprint density at radius 1 is 1.39 bits per heavy atom. The van der Waals surface area contributed by atoms with Crippen LogP contribution in [0.15, 0.2) is 28.6 Å². The summed E-state index contributed by atoms with van der Waals surface area (Å²) in [4.78, 5) is 15.0. The molecule has 0 radical (unpaired) electrons. The second kappa shape index (κ2) is 5.97. The van der Waals surface area contributed by atoms with Crippen LogP contribution in [0.1, 0.15) is 17.0 Å². The highest BCUT2D eigenvalue weighted by molar-refractivity contribution is 8.00. The van der Waals surface area contributed by atoms with Crippen LogP contribution < -0.4 is 0 Å². The summed E-state index contributed by atoms with van der Waals surface area (Å²) < 4.78 is 5.03. The lowest BCUT2D eigenvalue weighted by Gasteiger charge is -2.05. The zero-order valence-corrected chi connectivity index (χ0v) is 11.4. The van der Waals surface area contributed by atoms with Gasteiger partial charge in [-0.3, -0.25) is 4.79 Å². The van der Waals surface area contributed by atoms with Gasteiger partial charge in [0.25, 0.3) is 0 Å². The van der Waals surface area contributed by atoms with Crippen LogP contribution in [-0.4, -0.2) is 20.4 Å². The molecule has 0 unspecified atom stereocenters. The molecule has 94 valence electrons. The van der Waals surface area contributed by atoms with Crippen LogP contribution in [0.25, 0.3) is 0 Å². The molecule has 1 N–H and O–H groups in total. The van der Waals surface area contributed by atoms with E-state index >= 15 is 0 Å². The minimum Gasteiger partial charge on any atom is -0.481 e. The number of nitrogens with zero attached hydrogens (tertiary/aromatic N) is 2. The van der Waals surface area contributed by atoms with Gasteiger partial charge in [-0.1, -0.05) is 36.0 Å². The van der Waals surface area contributed by atoms with E-state index in [9.17, 15) is 4.79 Å². The number of aryl methyl sites for hydroxylation is 1. The van der Waals surface area contributed by atoms with Gasteiger partial charge in [-0.25, -0.2) is 4.98 Å². The smallest absolute Gasteiger partial charge is 0.307 e.